The highest BCUT2D eigenvalue weighted by Gasteiger charge is 2.07. The number of benzene rings is 1. The quantitative estimate of drug-likeness (QED) is 0.335. The lowest BCUT2D eigenvalue weighted by molar-refractivity contribution is 0.422. The van der Waals surface area contributed by atoms with Gasteiger partial charge in [-0.3, -0.25) is 4.99 Å². The van der Waals surface area contributed by atoms with Gasteiger partial charge >= 0.3 is 0 Å². The van der Waals surface area contributed by atoms with Crippen molar-refractivity contribution in [3.8, 4) is 11.3 Å². The monoisotopic (exact) mass is 468 g/mol. The summed E-state index contributed by atoms with van der Waals surface area (Å²) in [5.74, 6) is 1.51. The maximum Gasteiger partial charge on any atom is 0.191 e. The number of thiophene rings is 1. The molecule has 0 aliphatic carbocycles. The standard InChI is InChI=1S/C18H20N4OS.HI/c1-13-8-9-24-17(13)12-21-18(19-2)20-11-15-10-16(23-22-15)14-6-4-3-5-7-14;/h3-10H,11-12H2,1-2H3,(H2,19,20,21);1H. The van der Waals surface area contributed by atoms with E-state index in [0.29, 0.717) is 6.54 Å². The Morgan fingerprint density at radius 2 is 1.92 bits per heavy atom. The Balaban J connectivity index is 0.00000225. The fourth-order valence-electron chi connectivity index (χ4n) is 2.28. The van der Waals surface area contributed by atoms with E-state index in [-0.39, 0.29) is 24.0 Å². The van der Waals surface area contributed by atoms with Gasteiger partial charge in [0, 0.05) is 23.6 Å². The first kappa shape index (κ1) is 19.5. The average molecular weight is 468 g/mol. The second-order valence-electron chi connectivity index (χ2n) is 5.35. The highest BCUT2D eigenvalue weighted by atomic mass is 127. The Kier molecular flexibility index (Phi) is 7.45. The number of halogens is 1. The van der Waals surface area contributed by atoms with E-state index in [1.165, 1.54) is 10.4 Å². The van der Waals surface area contributed by atoms with Gasteiger partial charge < -0.3 is 15.2 Å². The van der Waals surface area contributed by atoms with Gasteiger partial charge in [0.05, 0.1) is 13.1 Å². The van der Waals surface area contributed by atoms with Crippen LogP contribution in [0.5, 0.6) is 0 Å². The van der Waals surface area contributed by atoms with Crippen LogP contribution < -0.4 is 10.6 Å². The summed E-state index contributed by atoms with van der Waals surface area (Å²) in [6.07, 6.45) is 0. The first-order valence-electron chi connectivity index (χ1n) is 7.75. The zero-order valence-corrected chi connectivity index (χ0v) is 17.3. The second kappa shape index (κ2) is 9.57. The Labute approximate surface area is 168 Å². The van der Waals surface area contributed by atoms with Crippen molar-refractivity contribution < 1.29 is 4.52 Å². The minimum atomic E-state index is 0. The van der Waals surface area contributed by atoms with Crippen LogP contribution in [0.1, 0.15) is 16.1 Å². The molecule has 1 aromatic carbocycles. The molecule has 0 unspecified atom stereocenters. The van der Waals surface area contributed by atoms with Crippen molar-refractivity contribution in [1.82, 2.24) is 15.8 Å². The van der Waals surface area contributed by atoms with Crippen LogP contribution >= 0.6 is 35.3 Å². The molecule has 7 heteroatoms. The van der Waals surface area contributed by atoms with Crippen LogP contribution in [0, 0.1) is 6.92 Å². The first-order valence-corrected chi connectivity index (χ1v) is 8.62. The van der Waals surface area contributed by atoms with E-state index in [0.717, 1.165) is 29.5 Å². The summed E-state index contributed by atoms with van der Waals surface area (Å²) >= 11 is 1.74. The molecule has 132 valence electrons. The lowest BCUT2D eigenvalue weighted by Crippen LogP contribution is -2.36. The molecule has 0 fully saturated rings. The molecule has 0 atom stereocenters. The normalized spacial score (nSPS) is 11.0. The largest absolute Gasteiger partial charge is 0.356 e. The number of hydrogen-bond acceptors (Lipinski definition) is 4. The van der Waals surface area contributed by atoms with Crippen molar-refractivity contribution in [3.63, 3.8) is 0 Å². The van der Waals surface area contributed by atoms with E-state index in [2.05, 4.69) is 39.2 Å². The van der Waals surface area contributed by atoms with Crippen LogP contribution in [0.2, 0.25) is 0 Å². The molecule has 2 N–H and O–H groups in total. The zero-order valence-electron chi connectivity index (χ0n) is 14.2. The summed E-state index contributed by atoms with van der Waals surface area (Å²) in [6.45, 7) is 3.43. The number of hydrogen-bond donors (Lipinski definition) is 2. The molecule has 0 spiro atoms. The van der Waals surface area contributed by atoms with Gasteiger partial charge in [0.25, 0.3) is 0 Å². The summed E-state index contributed by atoms with van der Waals surface area (Å²) in [4.78, 5) is 5.55. The number of nitrogens with zero attached hydrogens (tertiary/aromatic N) is 2. The minimum absolute atomic E-state index is 0. The molecule has 3 aromatic rings. The predicted octanol–water partition coefficient (Wildman–Crippen LogP) is 4.19. The average Bonchev–Trinajstić information content (AvgIpc) is 3.25. The Morgan fingerprint density at radius 3 is 2.60 bits per heavy atom. The minimum Gasteiger partial charge on any atom is -0.356 e. The number of aryl methyl sites for hydroxylation is 1. The summed E-state index contributed by atoms with van der Waals surface area (Å²) in [7, 11) is 1.76. The Hall–Kier alpha value is -1.87. The third-order valence-corrected chi connectivity index (χ3v) is 4.69. The lowest BCUT2D eigenvalue weighted by atomic mass is 10.2. The number of aliphatic imine (C=N–C) groups is 1. The van der Waals surface area contributed by atoms with Crippen LogP contribution in [0.15, 0.2) is 57.4 Å². The van der Waals surface area contributed by atoms with Gasteiger partial charge in [-0.05, 0) is 23.9 Å². The van der Waals surface area contributed by atoms with Gasteiger partial charge in [0.2, 0.25) is 0 Å². The second-order valence-corrected chi connectivity index (χ2v) is 6.36. The van der Waals surface area contributed by atoms with E-state index >= 15 is 0 Å². The lowest BCUT2D eigenvalue weighted by Gasteiger charge is -2.10. The van der Waals surface area contributed by atoms with Gasteiger partial charge in [0.15, 0.2) is 11.7 Å². The molecule has 2 heterocycles. The molecule has 3 rings (SSSR count). The van der Waals surface area contributed by atoms with Crippen LogP contribution in [0.4, 0.5) is 0 Å². The first-order chi connectivity index (χ1) is 11.8. The number of aromatic nitrogens is 1. The molecule has 0 radical (unpaired) electrons. The van der Waals surface area contributed by atoms with E-state index in [4.69, 9.17) is 4.52 Å². The van der Waals surface area contributed by atoms with Crippen LogP contribution in [0.3, 0.4) is 0 Å². The molecule has 0 aliphatic rings. The highest BCUT2D eigenvalue weighted by Crippen LogP contribution is 2.19. The van der Waals surface area contributed by atoms with Crippen molar-refractivity contribution in [2.45, 2.75) is 20.0 Å². The van der Waals surface area contributed by atoms with Gasteiger partial charge in [-0.1, -0.05) is 35.5 Å². The molecule has 2 aromatic heterocycles. The van der Waals surface area contributed by atoms with E-state index in [1.54, 1.807) is 18.4 Å². The molecule has 0 bridgehead atoms. The third-order valence-electron chi connectivity index (χ3n) is 3.66. The predicted molar refractivity (Wildman–Crippen MR) is 113 cm³/mol. The Morgan fingerprint density at radius 1 is 1.16 bits per heavy atom. The molecule has 0 aliphatic heterocycles. The maximum absolute atomic E-state index is 5.40. The molecule has 0 saturated carbocycles. The molecule has 5 nitrogen and oxygen atoms in total. The van der Waals surface area contributed by atoms with Gasteiger partial charge in [-0.2, -0.15) is 0 Å². The molecule has 0 saturated heterocycles. The summed E-state index contributed by atoms with van der Waals surface area (Å²) in [5, 5.41) is 12.8. The third kappa shape index (κ3) is 5.30. The number of guanidine groups is 1. The SMILES string of the molecule is CN=C(NCc1cc(-c2ccccc2)on1)NCc1sccc1C.I. The van der Waals surface area contributed by atoms with Gasteiger partial charge in [-0.25, -0.2) is 0 Å². The highest BCUT2D eigenvalue weighted by molar-refractivity contribution is 14.0. The fourth-order valence-corrected chi connectivity index (χ4v) is 3.12. The molecule has 0 amide bonds. The van der Waals surface area contributed by atoms with Crippen molar-refractivity contribution in [3.05, 3.63) is 64.0 Å². The van der Waals surface area contributed by atoms with Crippen molar-refractivity contribution in [2.24, 2.45) is 4.99 Å². The van der Waals surface area contributed by atoms with Gasteiger partial charge in [0.1, 0.15) is 5.69 Å². The van der Waals surface area contributed by atoms with E-state index < -0.39 is 0 Å². The Bertz CT molecular complexity index is 813. The molecule has 25 heavy (non-hydrogen) atoms. The summed E-state index contributed by atoms with van der Waals surface area (Å²) < 4.78 is 5.40. The van der Waals surface area contributed by atoms with Crippen molar-refractivity contribution in [1.29, 1.82) is 0 Å². The van der Waals surface area contributed by atoms with Crippen molar-refractivity contribution >= 4 is 41.3 Å². The van der Waals surface area contributed by atoms with Crippen LogP contribution in [-0.2, 0) is 13.1 Å². The van der Waals surface area contributed by atoms with E-state index in [1.807, 2.05) is 36.4 Å². The van der Waals surface area contributed by atoms with Crippen molar-refractivity contribution in [2.75, 3.05) is 7.05 Å². The summed E-state index contributed by atoms with van der Waals surface area (Å²) in [5.41, 5.74) is 3.16. The number of nitrogens with one attached hydrogen (secondary N) is 2. The maximum atomic E-state index is 5.40. The summed E-state index contributed by atoms with van der Waals surface area (Å²) in [6, 6.07) is 14.0. The van der Waals surface area contributed by atoms with Crippen LogP contribution in [-0.4, -0.2) is 18.2 Å². The van der Waals surface area contributed by atoms with Gasteiger partial charge in [-0.15, -0.1) is 35.3 Å². The smallest absolute Gasteiger partial charge is 0.191 e. The number of rotatable bonds is 5. The topological polar surface area (TPSA) is 62.5 Å². The molecular weight excluding hydrogens is 447 g/mol. The fraction of sp³-hybridized carbons (Fsp3) is 0.222. The zero-order chi connectivity index (χ0) is 16.8. The van der Waals surface area contributed by atoms with Crippen LogP contribution in [0.25, 0.3) is 11.3 Å². The molecular formula is C18H21IN4OS. The van der Waals surface area contributed by atoms with E-state index in [9.17, 15) is 0 Å².